The molecule has 82 valence electrons. The van der Waals surface area contributed by atoms with Crippen LogP contribution in [-0.4, -0.2) is 24.2 Å². The molecule has 0 heterocycles. The van der Waals surface area contributed by atoms with Crippen LogP contribution in [-0.2, 0) is 4.79 Å². The molecule has 0 radical (unpaired) electrons. The summed E-state index contributed by atoms with van der Waals surface area (Å²) in [6.07, 6.45) is 0.216. The number of carbonyl (C=O) groups is 1. The van der Waals surface area contributed by atoms with Gasteiger partial charge in [-0.05, 0) is 23.3 Å². The SMILES string of the molecule is CC1(C)C(CNCCC(=O)O)C1(C)C. The van der Waals surface area contributed by atoms with Gasteiger partial charge >= 0.3 is 5.97 Å². The largest absolute Gasteiger partial charge is 0.481 e. The van der Waals surface area contributed by atoms with Crippen molar-refractivity contribution in [2.24, 2.45) is 16.7 Å². The Labute approximate surface area is 85.9 Å². The van der Waals surface area contributed by atoms with Crippen molar-refractivity contribution >= 4 is 5.97 Å². The third kappa shape index (κ3) is 1.92. The highest BCUT2D eigenvalue weighted by molar-refractivity contribution is 5.66. The van der Waals surface area contributed by atoms with Crippen molar-refractivity contribution in [1.82, 2.24) is 5.32 Å². The average Bonchev–Trinajstić information content (AvgIpc) is 2.38. The van der Waals surface area contributed by atoms with Crippen molar-refractivity contribution in [3.63, 3.8) is 0 Å². The molecule has 1 rings (SSSR count). The summed E-state index contributed by atoms with van der Waals surface area (Å²) >= 11 is 0. The zero-order chi connectivity index (χ0) is 11.0. The van der Waals surface area contributed by atoms with Gasteiger partial charge in [-0.1, -0.05) is 27.7 Å². The molecule has 0 aromatic heterocycles. The average molecular weight is 199 g/mol. The van der Waals surface area contributed by atoms with E-state index in [-0.39, 0.29) is 6.42 Å². The zero-order valence-corrected chi connectivity index (χ0v) is 9.55. The Morgan fingerprint density at radius 1 is 1.29 bits per heavy atom. The molecule has 0 spiro atoms. The number of carboxylic acid groups (broad SMARTS) is 1. The maximum Gasteiger partial charge on any atom is 0.304 e. The lowest BCUT2D eigenvalue weighted by Crippen LogP contribution is -2.22. The van der Waals surface area contributed by atoms with Gasteiger partial charge in [-0.25, -0.2) is 0 Å². The van der Waals surface area contributed by atoms with Crippen LogP contribution in [0.3, 0.4) is 0 Å². The molecule has 0 bridgehead atoms. The molecular weight excluding hydrogens is 178 g/mol. The van der Waals surface area contributed by atoms with E-state index in [1.165, 1.54) is 0 Å². The molecule has 3 heteroatoms. The second-order valence-corrected chi connectivity index (χ2v) is 5.34. The van der Waals surface area contributed by atoms with E-state index in [2.05, 4.69) is 33.0 Å². The topological polar surface area (TPSA) is 49.3 Å². The van der Waals surface area contributed by atoms with Gasteiger partial charge in [0.1, 0.15) is 0 Å². The van der Waals surface area contributed by atoms with Crippen LogP contribution in [0.2, 0.25) is 0 Å². The summed E-state index contributed by atoms with van der Waals surface area (Å²) in [6, 6.07) is 0. The second-order valence-electron chi connectivity index (χ2n) is 5.34. The molecule has 0 saturated heterocycles. The van der Waals surface area contributed by atoms with Crippen LogP contribution in [0.15, 0.2) is 0 Å². The molecule has 0 aliphatic heterocycles. The highest BCUT2D eigenvalue weighted by atomic mass is 16.4. The number of hydrogen-bond donors (Lipinski definition) is 2. The van der Waals surface area contributed by atoms with Gasteiger partial charge in [0.25, 0.3) is 0 Å². The van der Waals surface area contributed by atoms with Crippen LogP contribution in [0.25, 0.3) is 0 Å². The molecule has 0 aromatic rings. The van der Waals surface area contributed by atoms with Crippen molar-refractivity contribution in [3.05, 3.63) is 0 Å². The van der Waals surface area contributed by atoms with Crippen molar-refractivity contribution in [1.29, 1.82) is 0 Å². The molecule has 1 aliphatic carbocycles. The lowest BCUT2D eigenvalue weighted by atomic mass is 10.0. The highest BCUT2D eigenvalue weighted by Crippen LogP contribution is 2.67. The minimum atomic E-state index is -0.730. The Morgan fingerprint density at radius 3 is 2.14 bits per heavy atom. The molecule has 0 aromatic carbocycles. The predicted molar refractivity (Wildman–Crippen MR) is 56.2 cm³/mol. The van der Waals surface area contributed by atoms with Gasteiger partial charge in [0, 0.05) is 6.54 Å². The van der Waals surface area contributed by atoms with Crippen molar-refractivity contribution in [2.75, 3.05) is 13.1 Å². The predicted octanol–water partition coefficient (Wildman–Crippen LogP) is 1.73. The van der Waals surface area contributed by atoms with Crippen molar-refractivity contribution in [2.45, 2.75) is 34.1 Å². The Balaban J connectivity index is 2.19. The van der Waals surface area contributed by atoms with E-state index in [1.54, 1.807) is 0 Å². The van der Waals surface area contributed by atoms with Crippen LogP contribution in [0.1, 0.15) is 34.1 Å². The highest BCUT2D eigenvalue weighted by Gasteiger charge is 2.63. The summed E-state index contributed by atoms with van der Waals surface area (Å²) in [6.45, 7) is 10.6. The first-order valence-electron chi connectivity index (χ1n) is 5.22. The fourth-order valence-electron chi connectivity index (χ4n) is 2.29. The minimum absolute atomic E-state index is 0.216. The molecule has 0 unspecified atom stereocenters. The minimum Gasteiger partial charge on any atom is -0.481 e. The molecule has 0 amide bonds. The van der Waals surface area contributed by atoms with Gasteiger partial charge in [0.2, 0.25) is 0 Å². The van der Waals surface area contributed by atoms with E-state index in [0.29, 0.717) is 23.3 Å². The quantitative estimate of drug-likeness (QED) is 0.663. The van der Waals surface area contributed by atoms with Gasteiger partial charge in [-0.3, -0.25) is 4.79 Å². The Kier molecular flexibility index (Phi) is 2.91. The normalized spacial score (nSPS) is 23.4. The summed E-state index contributed by atoms with van der Waals surface area (Å²) in [7, 11) is 0. The number of aliphatic carboxylic acids is 1. The van der Waals surface area contributed by atoms with Gasteiger partial charge in [0.15, 0.2) is 0 Å². The molecule has 0 atom stereocenters. The fourth-order valence-corrected chi connectivity index (χ4v) is 2.29. The summed E-state index contributed by atoms with van der Waals surface area (Å²) < 4.78 is 0. The maximum absolute atomic E-state index is 10.3. The molecule has 3 nitrogen and oxygen atoms in total. The fraction of sp³-hybridized carbons (Fsp3) is 0.909. The molecule has 2 N–H and O–H groups in total. The van der Waals surface area contributed by atoms with Crippen LogP contribution in [0.4, 0.5) is 0 Å². The van der Waals surface area contributed by atoms with Gasteiger partial charge < -0.3 is 10.4 Å². The number of carboxylic acids is 1. The first-order chi connectivity index (χ1) is 6.30. The van der Waals surface area contributed by atoms with Crippen molar-refractivity contribution < 1.29 is 9.90 Å². The lowest BCUT2D eigenvalue weighted by Gasteiger charge is -2.04. The summed E-state index contributed by atoms with van der Waals surface area (Å²) in [5.41, 5.74) is 0.784. The van der Waals surface area contributed by atoms with Crippen molar-refractivity contribution in [3.8, 4) is 0 Å². The van der Waals surface area contributed by atoms with E-state index in [9.17, 15) is 4.79 Å². The maximum atomic E-state index is 10.3. The lowest BCUT2D eigenvalue weighted by molar-refractivity contribution is -0.136. The van der Waals surface area contributed by atoms with E-state index >= 15 is 0 Å². The smallest absolute Gasteiger partial charge is 0.304 e. The Hall–Kier alpha value is -0.570. The monoisotopic (exact) mass is 199 g/mol. The Morgan fingerprint density at radius 2 is 1.79 bits per heavy atom. The zero-order valence-electron chi connectivity index (χ0n) is 9.55. The van der Waals surface area contributed by atoms with E-state index in [4.69, 9.17) is 5.11 Å². The van der Waals surface area contributed by atoms with Crippen LogP contribution in [0, 0.1) is 16.7 Å². The van der Waals surface area contributed by atoms with Crippen LogP contribution in [0.5, 0.6) is 0 Å². The standard InChI is InChI=1S/C11H21NO2/c1-10(2)8(11(10,3)4)7-12-6-5-9(13)14/h8,12H,5-7H2,1-4H3,(H,13,14). The van der Waals surface area contributed by atoms with Crippen LogP contribution >= 0.6 is 0 Å². The molecule has 1 aliphatic rings. The third-order valence-corrected chi connectivity index (χ3v) is 4.18. The molecule has 14 heavy (non-hydrogen) atoms. The number of hydrogen-bond acceptors (Lipinski definition) is 2. The summed E-state index contributed by atoms with van der Waals surface area (Å²) in [5.74, 6) is -0.0596. The first-order valence-corrected chi connectivity index (χ1v) is 5.22. The van der Waals surface area contributed by atoms with Gasteiger partial charge in [-0.15, -0.1) is 0 Å². The first kappa shape index (κ1) is 11.5. The molecular formula is C11H21NO2. The molecule has 1 saturated carbocycles. The van der Waals surface area contributed by atoms with E-state index in [1.807, 2.05) is 0 Å². The molecule has 1 fully saturated rings. The number of rotatable bonds is 5. The van der Waals surface area contributed by atoms with Gasteiger partial charge in [0.05, 0.1) is 6.42 Å². The summed E-state index contributed by atoms with van der Waals surface area (Å²) in [5, 5.41) is 11.7. The van der Waals surface area contributed by atoms with Crippen LogP contribution < -0.4 is 5.32 Å². The second kappa shape index (κ2) is 3.54. The third-order valence-electron chi connectivity index (χ3n) is 4.18. The van der Waals surface area contributed by atoms with E-state index in [0.717, 1.165) is 6.54 Å². The van der Waals surface area contributed by atoms with E-state index < -0.39 is 5.97 Å². The number of nitrogens with one attached hydrogen (secondary N) is 1. The summed E-state index contributed by atoms with van der Waals surface area (Å²) in [4.78, 5) is 10.3. The van der Waals surface area contributed by atoms with Gasteiger partial charge in [-0.2, -0.15) is 0 Å². The Bertz CT molecular complexity index is 219.